The van der Waals surface area contributed by atoms with Crippen molar-refractivity contribution in [2.24, 2.45) is 0 Å². The third-order valence-electron chi connectivity index (χ3n) is 5.72. The Morgan fingerprint density at radius 2 is 1.63 bits per heavy atom. The van der Waals surface area contributed by atoms with E-state index in [1.165, 1.54) is 5.69 Å². The van der Waals surface area contributed by atoms with Crippen LogP contribution in [0.15, 0.2) is 54.7 Å². The number of hydrogen-bond donors (Lipinski definition) is 0. The van der Waals surface area contributed by atoms with Crippen molar-refractivity contribution in [2.75, 3.05) is 27.9 Å². The van der Waals surface area contributed by atoms with E-state index in [4.69, 9.17) is 25.8 Å². The molecule has 5 nitrogen and oxygen atoms in total. The topological polar surface area (TPSA) is 35.9 Å². The van der Waals surface area contributed by atoms with Gasteiger partial charge in [-0.05, 0) is 36.2 Å². The van der Waals surface area contributed by atoms with E-state index >= 15 is 0 Å². The monoisotopic (exact) mass is 426 g/mol. The summed E-state index contributed by atoms with van der Waals surface area (Å²) in [5.74, 6) is 2.12. The van der Waals surface area contributed by atoms with Gasteiger partial charge in [0.2, 0.25) is 0 Å². The molecule has 6 heteroatoms. The number of aromatic nitrogens is 1. The molecule has 0 saturated heterocycles. The molecule has 1 aliphatic rings. The lowest BCUT2D eigenvalue weighted by molar-refractivity contribution is 0.215. The highest BCUT2D eigenvalue weighted by molar-refractivity contribution is 6.31. The van der Waals surface area contributed by atoms with E-state index in [1.54, 1.807) is 21.3 Å². The summed E-state index contributed by atoms with van der Waals surface area (Å²) in [6.45, 7) is 2.66. The maximum atomic E-state index is 6.51. The van der Waals surface area contributed by atoms with Gasteiger partial charge in [0.1, 0.15) is 5.75 Å². The van der Waals surface area contributed by atoms with Crippen LogP contribution in [0.1, 0.15) is 29.3 Å². The fourth-order valence-electron chi connectivity index (χ4n) is 4.28. The zero-order valence-corrected chi connectivity index (χ0v) is 18.4. The lowest BCUT2D eigenvalue weighted by atomic mass is 9.99. The summed E-state index contributed by atoms with van der Waals surface area (Å²) in [6, 6.07) is 16.3. The summed E-state index contributed by atoms with van der Waals surface area (Å²) in [7, 11) is 4.99. The van der Waals surface area contributed by atoms with Gasteiger partial charge in [-0.3, -0.25) is 4.90 Å². The molecular formula is C24H27ClN2O3. The van der Waals surface area contributed by atoms with Crippen LogP contribution in [0.4, 0.5) is 0 Å². The number of halogens is 1. The largest absolute Gasteiger partial charge is 0.496 e. The number of ether oxygens (including phenoxy) is 3. The van der Waals surface area contributed by atoms with Crippen molar-refractivity contribution in [2.45, 2.75) is 25.6 Å². The molecule has 0 saturated carbocycles. The lowest BCUT2D eigenvalue weighted by Gasteiger charge is -2.32. The van der Waals surface area contributed by atoms with Gasteiger partial charge >= 0.3 is 0 Å². The molecule has 0 aliphatic carbocycles. The first kappa shape index (κ1) is 20.6. The Morgan fingerprint density at radius 1 is 0.900 bits per heavy atom. The van der Waals surface area contributed by atoms with Crippen molar-refractivity contribution >= 4 is 11.6 Å². The number of rotatable bonds is 6. The van der Waals surface area contributed by atoms with Crippen molar-refractivity contribution in [1.29, 1.82) is 0 Å². The number of fused-ring (bicyclic) bond motifs is 1. The Bertz CT molecular complexity index is 1020. The second-order valence-corrected chi connectivity index (χ2v) is 7.80. The molecule has 2 aromatic carbocycles. The van der Waals surface area contributed by atoms with Crippen molar-refractivity contribution in [3.05, 3.63) is 76.6 Å². The Kier molecular flexibility index (Phi) is 6.21. The Morgan fingerprint density at radius 3 is 2.37 bits per heavy atom. The zero-order chi connectivity index (χ0) is 21.1. The van der Waals surface area contributed by atoms with Crippen LogP contribution < -0.4 is 14.2 Å². The van der Waals surface area contributed by atoms with Crippen LogP contribution in [0.2, 0.25) is 5.02 Å². The molecule has 0 spiro atoms. The van der Waals surface area contributed by atoms with Crippen molar-refractivity contribution in [3.8, 4) is 17.2 Å². The lowest BCUT2D eigenvalue weighted by Crippen LogP contribution is -2.30. The summed E-state index contributed by atoms with van der Waals surface area (Å²) in [6.07, 6.45) is 3.20. The molecule has 0 unspecified atom stereocenters. The summed E-state index contributed by atoms with van der Waals surface area (Å²) in [5.41, 5.74) is 3.39. The molecule has 158 valence electrons. The van der Waals surface area contributed by atoms with Gasteiger partial charge in [-0.25, -0.2) is 0 Å². The predicted octanol–water partition coefficient (Wildman–Crippen LogP) is 5.16. The van der Waals surface area contributed by atoms with Gasteiger partial charge in [0.05, 0.1) is 27.4 Å². The second kappa shape index (κ2) is 9.02. The fraction of sp³-hybridized carbons (Fsp3) is 0.333. The van der Waals surface area contributed by atoms with E-state index in [1.807, 2.05) is 30.3 Å². The molecule has 3 aromatic rings. The van der Waals surface area contributed by atoms with E-state index in [-0.39, 0.29) is 6.04 Å². The minimum atomic E-state index is -0.00599. The van der Waals surface area contributed by atoms with Crippen LogP contribution >= 0.6 is 11.6 Å². The Balaban J connectivity index is 1.85. The average molecular weight is 427 g/mol. The number of methoxy groups -OCH3 is 3. The maximum Gasteiger partial charge on any atom is 0.164 e. The number of benzene rings is 2. The van der Waals surface area contributed by atoms with Crippen molar-refractivity contribution < 1.29 is 14.2 Å². The number of nitrogens with zero attached hydrogens (tertiary/aromatic N) is 2. The molecule has 0 fully saturated rings. The number of aryl methyl sites for hydroxylation is 1. The summed E-state index contributed by atoms with van der Waals surface area (Å²) in [4.78, 5) is 2.46. The number of hydrogen-bond acceptors (Lipinski definition) is 4. The average Bonchev–Trinajstić information content (AvgIpc) is 3.16. The molecule has 0 amide bonds. The molecule has 4 rings (SSSR count). The Labute approximate surface area is 182 Å². The van der Waals surface area contributed by atoms with Crippen LogP contribution in [-0.4, -0.2) is 37.3 Å². The molecule has 1 aliphatic heterocycles. The molecule has 30 heavy (non-hydrogen) atoms. The van der Waals surface area contributed by atoms with Crippen LogP contribution in [0.25, 0.3) is 0 Å². The fourth-order valence-corrected chi connectivity index (χ4v) is 4.47. The van der Waals surface area contributed by atoms with Crippen LogP contribution in [0.3, 0.4) is 0 Å². The van der Waals surface area contributed by atoms with Gasteiger partial charge in [-0.1, -0.05) is 29.8 Å². The molecule has 0 bridgehead atoms. The molecule has 2 heterocycles. The van der Waals surface area contributed by atoms with Gasteiger partial charge in [0, 0.05) is 48.2 Å². The minimum Gasteiger partial charge on any atom is -0.496 e. The first-order chi connectivity index (χ1) is 14.7. The normalized spacial score (nSPS) is 16.6. The van der Waals surface area contributed by atoms with Crippen LogP contribution in [0.5, 0.6) is 17.2 Å². The molecule has 1 aromatic heterocycles. The van der Waals surface area contributed by atoms with Gasteiger partial charge < -0.3 is 18.8 Å². The second-order valence-electron chi connectivity index (χ2n) is 7.39. The zero-order valence-electron chi connectivity index (χ0n) is 17.6. The SMILES string of the molecule is COc1cc(OC)c([C@H]2c3cccn3CCCN2Cc2ccccc2Cl)cc1OC. The summed E-state index contributed by atoms with van der Waals surface area (Å²) < 4.78 is 19.2. The van der Waals surface area contributed by atoms with Crippen molar-refractivity contribution in [3.63, 3.8) is 0 Å². The summed E-state index contributed by atoms with van der Waals surface area (Å²) in [5, 5.41) is 0.787. The quantitative estimate of drug-likeness (QED) is 0.545. The highest BCUT2D eigenvalue weighted by atomic mass is 35.5. The smallest absolute Gasteiger partial charge is 0.164 e. The van der Waals surface area contributed by atoms with E-state index in [2.05, 4.69) is 33.9 Å². The van der Waals surface area contributed by atoms with Crippen LogP contribution in [0, 0.1) is 0 Å². The van der Waals surface area contributed by atoms with E-state index in [0.29, 0.717) is 11.5 Å². The third kappa shape index (κ3) is 3.87. The van der Waals surface area contributed by atoms with Gasteiger partial charge in [0.15, 0.2) is 11.5 Å². The Hall–Kier alpha value is -2.63. The van der Waals surface area contributed by atoms with Gasteiger partial charge in [0.25, 0.3) is 0 Å². The third-order valence-corrected chi connectivity index (χ3v) is 6.08. The first-order valence-corrected chi connectivity index (χ1v) is 10.5. The van der Waals surface area contributed by atoms with Gasteiger partial charge in [-0.15, -0.1) is 0 Å². The summed E-state index contributed by atoms with van der Waals surface area (Å²) >= 11 is 6.51. The minimum absolute atomic E-state index is 0.00599. The first-order valence-electron chi connectivity index (χ1n) is 10.1. The van der Waals surface area contributed by atoms with Crippen molar-refractivity contribution in [1.82, 2.24) is 9.47 Å². The molecular weight excluding hydrogens is 400 g/mol. The van der Waals surface area contributed by atoms with Crippen LogP contribution in [-0.2, 0) is 13.1 Å². The van der Waals surface area contributed by atoms with Gasteiger partial charge in [-0.2, -0.15) is 0 Å². The predicted molar refractivity (Wildman–Crippen MR) is 119 cm³/mol. The highest BCUT2D eigenvalue weighted by Crippen LogP contribution is 2.43. The highest BCUT2D eigenvalue weighted by Gasteiger charge is 2.31. The van der Waals surface area contributed by atoms with E-state index in [9.17, 15) is 0 Å². The van der Waals surface area contributed by atoms with E-state index < -0.39 is 0 Å². The molecule has 0 N–H and O–H groups in total. The standard InChI is InChI=1S/C24H27ClN2O3/c1-28-21-15-23(30-3)22(29-2)14-18(21)24-20-10-6-11-26(20)12-7-13-27(24)16-17-8-4-5-9-19(17)25/h4-6,8-11,14-15,24H,7,12-13,16H2,1-3H3/t24-/m0/s1. The molecule has 0 radical (unpaired) electrons. The molecule has 1 atom stereocenters. The van der Waals surface area contributed by atoms with E-state index in [0.717, 1.165) is 48.0 Å². The maximum absolute atomic E-state index is 6.51.